The molecule has 2 aromatic rings. The third-order valence-electron chi connectivity index (χ3n) is 5.48. The van der Waals surface area contributed by atoms with Crippen molar-refractivity contribution in [1.29, 1.82) is 0 Å². The van der Waals surface area contributed by atoms with E-state index in [-0.39, 0.29) is 17.6 Å². The number of nitrogens with zero attached hydrogens (tertiary/aromatic N) is 1. The third kappa shape index (κ3) is 3.26. The van der Waals surface area contributed by atoms with E-state index in [2.05, 4.69) is 24.8 Å². The molecular formula is C20H27NO3. The van der Waals surface area contributed by atoms with Crippen molar-refractivity contribution in [3.8, 4) is 0 Å². The predicted molar refractivity (Wildman–Crippen MR) is 96.3 cm³/mol. The third-order valence-corrected chi connectivity index (χ3v) is 5.48. The standard InChI is InChI=1S/C20H27NO3/c1-4-20(13-22)6-5-7-21(12-20)11-16-10-18(23)24-19-15(3)8-14(2)9-17(16)19/h8-10,22H,4-7,11-13H2,1-3H3. The molecule has 1 aliphatic rings. The lowest BCUT2D eigenvalue weighted by atomic mass is 9.78. The second-order valence-corrected chi connectivity index (χ2v) is 7.38. The summed E-state index contributed by atoms with van der Waals surface area (Å²) in [6.07, 6.45) is 3.15. The van der Waals surface area contributed by atoms with Crippen LogP contribution in [0.25, 0.3) is 11.0 Å². The summed E-state index contributed by atoms with van der Waals surface area (Å²) in [4.78, 5) is 14.4. The molecule has 1 aromatic heterocycles. The SMILES string of the molecule is CCC1(CO)CCCN(Cc2cc(=O)oc3c(C)cc(C)cc23)C1. The van der Waals surface area contributed by atoms with Gasteiger partial charge in [-0.25, -0.2) is 4.79 Å². The van der Waals surface area contributed by atoms with Crippen LogP contribution >= 0.6 is 0 Å². The molecule has 0 saturated carbocycles. The smallest absolute Gasteiger partial charge is 0.336 e. The van der Waals surface area contributed by atoms with Gasteiger partial charge in [-0.05, 0) is 62.4 Å². The van der Waals surface area contributed by atoms with Gasteiger partial charge in [-0.15, -0.1) is 0 Å². The largest absolute Gasteiger partial charge is 0.422 e. The maximum atomic E-state index is 12.0. The minimum Gasteiger partial charge on any atom is -0.422 e. The number of piperidine rings is 1. The van der Waals surface area contributed by atoms with Crippen LogP contribution in [-0.2, 0) is 6.54 Å². The zero-order chi connectivity index (χ0) is 17.3. The van der Waals surface area contributed by atoms with E-state index in [1.54, 1.807) is 6.07 Å². The van der Waals surface area contributed by atoms with Gasteiger partial charge in [-0.1, -0.05) is 13.0 Å². The lowest BCUT2D eigenvalue weighted by molar-refractivity contribution is 0.0259. The molecule has 0 spiro atoms. The van der Waals surface area contributed by atoms with Crippen LogP contribution in [-0.4, -0.2) is 29.7 Å². The number of hydrogen-bond acceptors (Lipinski definition) is 4. The monoisotopic (exact) mass is 329 g/mol. The van der Waals surface area contributed by atoms with Crippen LogP contribution in [0.2, 0.25) is 0 Å². The van der Waals surface area contributed by atoms with Crippen molar-refractivity contribution in [2.24, 2.45) is 5.41 Å². The van der Waals surface area contributed by atoms with E-state index in [1.165, 1.54) is 5.56 Å². The minimum absolute atomic E-state index is 0.000658. The predicted octanol–water partition coefficient (Wildman–Crippen LogP) is 3.39. The average molecular weight is 329 g/mol. The van der Waals surface area contributed by atoms with Gasteiger partial charge >= 0.3 is 5.63 Å². The summed E-state index contributed by atoms with van der Waals surface area (Å²) in [5, 5.41) is 10.9. The summed E-state index contributed by atoms with van der Waals surface area (Å²) in [6, 6.07) is 5.77. The molecule has 1 saturated heterocycles. The molecule has 1 aromatic carbocycles. The Hall–Kier alpha value is -1.65. The average Bonchev–Trinajstić information content (AvgIpc) is 2.56. The maximum absolute atomic E-state index is 12.0. The second-order valence-electron chi connectivity index (χ2n) is 7.38. The molecule has 1 unspecified atom stereocenters. The Kier molecular flexibility index (Phi) is 4.79. The lowest BCUT2D eigenvalue weighted by Crippen LogP contribution is -2.44. The fourth-order valence-corrected chi connectivity index (χ4v) is 4.02. The molecular weight excluding hydrogens is 302 g/mol. The number of aliphatic hydroxyl groups excluding tert-OH is 1. The fourth-order valence-electron chi connectivity index (χ4n) is 4.02. The van der Waals surface area contributed by atoms with E-state index in [0.717, 1.165) is 55.4 Å². The Morgan fingerprint density at radius 1 is 1.29 bits per heavy atom. The highest BCUT2D eigenvalue weighted by molar-refractivity contribution is 5.83. The number of rotatable bonds is 4. The zero-order valence-corrected chi connectivity index (χ0v) is 14.9. The molecule has 1 fully saturated rings. The van der Waals surface area contributed by atoms with E-state index >= 15 is 0 Å². The molecule has 0 radical (unpaired) electrons. The molecule has 1 atom stereocenters. The maximum Gasteiger partial charge on any atom is 0.336 e. The Bertz CT molecular complexity index is 789. The molecule has 4 heteroatoms. The molecule has 0 aliphatic carbocycles. The van der Waals surface area contributed by atoms with Crippen molar-refractivity contribution in [3.63, 3.8) is 0 Å². The summed E-state index contributed by atoms with van der Waals surface area (Å²) in [5.41, 5.74) is 3.61. The van der Waals surface area contributed by atoms with Gasteiger partial charge in [0.1, 0.15) is 5.58 Å². The lowest BCUT2D eigenvalue weighted by Gasteiger charge is -2.41. The van der Waals surface area contributed by atoms with Crippen molar-refractivity contribution in [2.75, 3.05) is 19.7 Å². The van der Waals surface area contributed by atoms with Crippen molar-refractivity contribution in [3.05, 3.63) is 45.3 Å². The molecule has 0 bridgehead atoms. The van der Waals surface area contributed by atoms with Crippen LogP contribution in [0.5, 0.6) is 0 Å². The summed E-state index contributed by atoms with van der Waals surface area (Å²) in [7, 11) is 0. The van der Waals surface area contributed by atoms with Gasteiger partial charge in [0.2, 0.25) is 0 Å². The Balaban J connectivity index is 1.97. The minimum atomic E-state index is -0.287. The zero-order valence-electron chi connectivity index (χ0n) is 14.9. The first-order chi connectivity index (χ1) is 11.5. The quantitative estimate of drug-likeness (QED) is 0.874. The van der Waals surface area contributed by atoms with Crippen molar-refractivity contribution < 1.29 is 9.52 Å². The molecule has 1 aliphatic heterocycles. The van der Waals surface area contributed by atoms with E-state index in [1.807, 2.05) is 13.0 Å². The Morgan fingerprint density at radius 3 is 2.79 bits per heavy atom. The first-order valence-electron chi connectivity index (χ1n) is 8.83. The van der Waals surface area contributed by atoms with Crippen LogP contribution in [0, 0.1) is 19.3 Å². The molecule has 1 N–H and O–H groups in total. The molecule has 3 rings (SSSR count). The Morgan fingerprint density at radius 2 is 2.08 bits per heavy atom. The normalized spacial score (nSPS) is 22.2. The van der Waals surface area contributed by atoms with Crippen molar-refractivity contribution in [1.82, 2.24) is 4.90 Å². The second kappa shape index (κ2) is 6.69. The number of aryl methyl sites for hydroxylation is 2. The van der Waals surface area contributed by atoms with Gasteiger partial charge in [-0.3, -0.25) is 4.90 Å². The van der Waals surface area contributed by atoms with Crippen LogP contribution in [0.15, 0.2) is 27.4 Å². The van der Waals surface area contributed by atoms with E-state index in [0.29, 0.717) is 5.58 Å². The summed E-state index contributed by atoms with van der Waals surface area (Å²) < 4.78 is 5.45. The van der Waals surface area contributed by atoms with Crippen LogP contribution < -0.4 is 5.63 Å². The summed E-state index contributed by atoms with van der Waals surface area (Å²) in [5.74, 6) is 0. The molecule has 0 amide bonds. The number of hydrogen-bond donors (Lipinski definition) is 1. The first-order valence-corrected chi connectivity index (χ1v) is 8.83. The topological polar surface area (TPSA) is 53.7 Å². The van der Waals surface area contributed by atoms with Gasteiger partial charge in [0.25, 0.3) is 0 Å². The van der Waals surface area contributed by atoms with Crippen LogP contribution in [0.4, 0.5) is 0 Å². The van der Waals surface area contributed by atoms with Crippen LogP contribution in [0.1, 0.15) is 42.9 Å². The summed E-state index contributed by atoms with van der Waals surface area (Å²) in [6.45, 7) is 9.05. The molecule has 2 heterocycles. The molecule has 24 heavy (non-hydrogen) atoms. The van der Waals surface area contributed by atoms with E-state index in [9.17, 15) is 9.90 Å². The van der Waals surface area contributed by atoms with Gasteiger partial charge in [0.05, 0.1) is 0 Å². The van der Waals surface area contributed by atoms with E-state index < -0.39 is 0 Å². The van der Waals surface area contributed by atoms with Gasteiger partial charge < -0.3 is 9.52 Å². The van der Waals surface area contributed by atoms with Gasteiger partial charge in [-0.2, -0.15) is 0 Å². The number of likely N-dealkylation sites (tertiary alicyclic amines) is 1. The van der Waals surface area contributed by atoms with Gasteiger partial charge in [0.15, 0.2) is 0 Å². The number of benzene rings is 1. The molecule has 130 valence electrons. The van der Waals surface area contributed by atoms with Crippen molar-refractivity contribution in [2.45, 2.75) is 46.6 Å². The Labute approximate surface area is 143 Å². The van der Waals surface area contributed by atoms with E-state index in [4.69, 9.17) is 4.42 Å². The number of aliphatic hydroxyl groups is 1. The molecule has 4 nitrogen and oxygen atoms in total. The van der Waals surface area contributed by atoms with Crippen LogP contribution in [0.3, 0.4) is 0 Å². The first kappa shape index (κ1) is 17.2. The fraction of sp³-hybridized carbons (Fsp3) is 0.550. The summed E-state index contributed by atoms with van der Waals surface area (Å²) >= 11 is 0. The highest BCUT2D eigenvalue weighted by atomic mass is 16.4. The highest BCUT2D eigenvalue weighted by Gasteiger charge is 2.33. The van der Waals surface area contributed by atoms with Crippen molar-refractivity contribution >= 4 is 11.0 Å². The van der Waals surface area contributed by atoms with Gasteiger partial charge in [0, 0.05) is 36.6 Å². The number of fused-ring (bicyclic) bond motifs is 1. The highest BCUT2D eigenvalue weighted by Crippen LogP contribution is 2.34.